The number of halogens is 2. The number of nitriles is 1. The number of aryl methyl sites for hydroxylation is 1. The van der Waals surface area contributed by atoms with E-state index < -0.39 is 5.82 Å². The average Bonchev–Trinajstić information content (AvgIpc) is 3.04. The first-order valence-electron chi connectivity index (χ1n) is 9.64. The first-order valence-corrected chi connectivity index (χ1v) is 10.0. The number of nitrogens with zero attached hydrogens (tertiary/aromatic N) is 2. The smallest absolute Gasteiger partial charge is 0.207 e. The molecule has 1 aromatic heterocycles. The maximum Gasteiger partial charge on any atom is 0.207 e. The van der Waals surface area contributed by atoms with Crippen molar-refractivity contribution < 1.29 is 9.13 Å². The van der Waals surface area contributed by atoms with Crippen molar-refractivity contribution in [2.24, 2.45) is 0 Å². The number of piperidine rings is 1. The number of benzene rings is 1. The van der Waals surface area contributed by atoms with E-state index in [4.69, 9.17) is 21.6 Å². The average molecular weight is 401 g/mol. The van der Waals surface area contributed by atoms with Gasteiger partial charge in [0.25, 0.3) is 0 Å². The van der Waals surface area contributed by atoms with Gasteiger partial charge in [0.2, 0.25) is 5.82 Å². The molecule has 28 heavy (non-hydrogen) atoms. The van der Waals surface area contributed by atoms with Crippen molar-refractivity contribution in [3.63, 3.8) is 0 Å². The number of aromatic nitrogens is 1. The zero-order valence-electron chi connectivity index (χ0n) is 15.6. The molecule has 146 valence electrons. The molecule has 5 nitrogen and oxygen atoms in total. The lowest BCUT2D eigenvalue weighted by molar-refractivity contribution is 0.130. The van der Waals surface area contributed by atoms with E-state index in [2.05, 4.69) is 15.6 Å². The molecule has 2 aromatic rings. The van der Waals surface area contributed by atoms with E-state index >= 15 is 4.39 Å². The first-order chi connectivity index (χ1) is 13.6. The standard InChI is InChI=1S/C21H22ClFN4O/c1-2-13-11-25-21(27-18-6-3-12(10-24)7-17(18)22)19(23)20(13)28-16-8-14-4-5-15(9-16)26-14/h3,6-7,11,14-16,26H,2,4-5,8-9H2,1H3,(H,25,27). The molecule has 2 atom stereocenters. The summed E-state index contributed by atoms with van der Waals surface area (Å²) in [5, 5.41) is 15.8. The number of ether oxygens (including phenoxy) is 1. The molecule has 7 heteroatoms. The monoisotopic (exact) mass is 400 g/mol. The van der Waals surface area contributed by atoms with Gasteiger partial charge in [-0.25, -0.2) is 4.98 Å². The first kappa shape index (κ1) is 19.0. The van der Waals surface area contributed by atoms with E-state index in [1.165, 1.54) is 6.07 Å². The summed E-state index contributed by atoms with van der Waals surface area (Å²) in [6.07, 6.45) is 6.40. The quantitative estimate of drug-likeness (QED) is 0.760. The van der Waals surface area contributed by atoms with E-state index in [9.17, 15) is 0 Å². The van der Waals surface area contributed by atoms with Gasteiger partial charge in [-0.3, -0.25) is 0 Å². The lowest BCUT2D eigenvalue weighted by Gasteiger charge is -2.30. The Morgan fingerprint density at radius 3 is 2.75 bits per heavy atom. The van der Waals surface area contributed by atoms with Gasteiger partial charge >= 0.3 is 0 Å². The van der Waals surface area contributed by atoms with E-state index in [0.29, 0.717) is 34.8 Å². The summed E-state index contributed by atoms with van der Waals surface area (Å²) in [6, 6.07) is 7.75. The lowest BCUT2D eigenvalue weighted by atomic mass is 10.0. The van der Waals surface area contributed by atoms with Crippen LogP contribution in [0.1, 0.15) is 43.7 Å². The van der Waals surface area contributed by atoms with Crippen LogP contribution in [-0.2, 0) is 6.42 Å². The van der Waals surface area contributed by atoms with Crippen LogP contribution in [0.3, 0.4) is 0 Å². The van der Waals surface area contributed by atoms with Crippen LogP contribution >= 0.6 is 11.6 Å². The van der Waals surface area contributed by atoms with Crippen LogP contribution in [-0.4, -0.2) is 23.2 Å². The predicted octanol–water partition coefficient (Wildman–Crippen LogP) is 4.71. The Balaban J connectivity index is 1.59. The van der Waals surface area contributed by atoms with E-state index in [1.54, 1.807) is 18.3 Å². The van der Waals surface area contributed by atoms with Crippen molar-refractivity contribution in [2.75, 3.05) is 5.32 Å². The van der Waals surface area contributed by atoms with Gasteiger partial charge in [-0.2, -0.15) is 9.65 Å². The summed E-state index contributed by atoms with van der Waals surface area (Å²) in [5.74, 6) is -0.169. The Labute approximate surface area is 168 Å². The highest BCUT2D eigenvalue weighted by atomic mass is 35.5. The Morgan fingerprint density at radius 2 is 2.11 bits per heavy atom. The van der Waals surface area contributed by atoms with Gasteiger partial charge in [0.1, 0.15) is 6.10 Å². The zero-order valence-corrected chi connectivity index (χ0v) is 16.4. The third kappa shape index (κ3) is 3.78. The molecule has 0 aliphatic carbocycles. The van der Waals surface area contributed by atoms with Gasteiger partial charge < -0.3 is 15.4 Å². The van der Waals surface area contributed by atoms with Crippen molar-refractivity contribution in [3.05, 3.63) is 46.4 Å². The van der Waals surface area contributed by atoms with Crippen molar-refractivity contribution in [3.8, 4) is 11.8 Å². The molecule has 2 N–H and O–H groups in total. The van der Waals surface area contributed by atoms with Crippen LogP contribution in [0.4, 0.5) is 15.9 Å². The van der Waals surface area contributed by atoms with Crippen molar-refractivity contribution >= 4 is 23.1 Å². The van der Waals surface area contributed by atoms with Gasteiger partial charge in [0.15, 0.2) is 11.6 Å². The number of hydrogen-bond acceptors (Lipinski definition) is 5. The predicted molar refractivity (Wildman–Crippen MR) is 107 cm³/mol. The number of fused-ring (bicyclic) bond motifs is 2. The van der Waals surface area contributed by atoms with Crippen LogP contribution in [0.2, 0.25) is 5.02 Å². The number of hydrogen-bond donors (Lipinski definition) is 2. The molecular formula is C21H22ClFN4O. The second-order valence-corrected chi connectivity index (χ2v) is 7.82. The summed E-state index contributed by atoms with van der Waals surface area (Å²) in [6.45, 7) is 1.96. The maximum atomic E-state index is 15.3. The number of pyridine rings is 1. The molecule has 0 saturated carbocycles. The molecule has 1 aromatic carbocycles. The topological polar surface area (TPSA) is 70.0 Å². The molecular weight excluding hydrogens is 379 g/mol. The maximum absolute atomic E-state index is 15.3. The SMILES string of the molecule is CCc1cnc(Nc2ccc(C#N)cc2Cl)c(F)c1OC1CC2CCC(C1)N2. The summed E-state index contributed by atoms with van der Waals surface area (Å²) in [4.78, 5) is 4.22. The summed E-state index contributed by atoms with van der Waals surface area (Å²) < 4.78 is 21.4. The minimum absolute atomic E-state index is 0.00676. The fourth-order valence-corrected chi connectivity index (χ4v) is 4.28. The zero-order chi connectivity index (χ0) is 19.7. The number of anilines is 2. The summed E-state index contributed by atoms with van der Waals surface area (Å²) in [5.41, 5.74) is 1.68. The molecule has 0 radical (unpaired) electrons. The fraction of sp³-hybridized carbons (Fsp3) is 0.429. The largest absolute Gasteiger partial charge is 0.487 e. The minimum atomic E-state index is -0.509. The Hall–Kier alpha value is -2.36. The van der Waals surface area contributed by atoms with Crippen LogP contribution in [0.15, 0.2) is 24.4 Å². The van der Waals surface area contributed by atoms with Crippen molar-refractivity contribution in [1.82, 2.24) is 10.3 Å². The second kappa shape index (κ2) is 7.94. The van der Waals surface area contributed by atoms with Gasteiger partial charge in [-0.05, 0) is 50.3 Å². The third-order valence-corrected chi connectivity index (χ3v) is 5.81. The van der Waals surface area contributed by atoms with Crippen LogP contribution in [0.25, 0.3) is 0 Å². The molecule has 2 unspecified atom stereocenters. The Morgan fingerprint density at radius 1 is 1.36 bits per heavy atom. The molecule has 0 amide bonds. The van der Waals surface area contributed by atoms with Gasteiger partial charge in [0.05, 0.1) is 22.3 Å². The molecule has 3 heterocycles. The normalized spacial score (nSPS) is 23.3. The molecule has 0 spiro atoms. The summed E-state index contributed by atoms with van der Waals surface area (Å²) >= 11 is 6.20. The highest BCUT2D eigenvalue weighted by molar-refractivity contribution is 6.33. The van der Waals surface area contributed by atoms with E-state index in [0.717, 1.165) is 31.2 Å². The fourth-order valence-electron chi connectivity index (χ4n) is 4.05. The molecule has 4 rings (SSSR count). The Bertz CT molecular complexity index is 917. The Kier molecular flexibility index (Phi) is 5.38. The highest BCUT2D eigenvalue weighted by Crippen LogP contribution is 2.35. The van der Waals surface area contributed by atoms with E-state index in [1.807, 2.05) is 13.0 Å². The third-order valence-electron chi connectivity index (χ3n) is 5.49. The van der Waals surface area contributed by atoms with Gasteiger partial charge in [-0.1, -0.05) is 18.5 Å². The van der Waals surface area contributed by atoms with Crippen LogP contribution in [0, 0.1) is 17.1 Å². The number of rotatable bonds is 5. The second-order valence-electron chi connectivity index (χ2n) is 7.41. The summed E-state index contributed by atoms with van der Waals surface area (Å²) in [7, 11) is 0. The molecule has 2 aliphatic heterocycles. The van der Waals surface area contributed by atoms with E-state index in [-0.39, 0.29) is 17.7 Å². The molecule has 2 aliphatic rings. The van der Waals surface area contributed by atoms with Crippen LogP contribution < -0.4 is 15.4 Å². The van der Waals surface area contributed by atoms with Crippen molar-refractivity contribution in [1.29, 1.82) is 5.26 Å². The number of nitrogens with one attached hydrogen (secondary N) is 2. The van der Waals surface area contributed by atoms with Crippen molar-refractivity contribution in [2.45, 2.75) is 57.2 Å². The minimum Gasteiger partial charge on any atom is -0.487 e. The van der Waals surface area contributed by atoms with Gasteiger partial charge in [-0.15, -0.1) is 0 Å². The molecule has 2 bridgehead atoms. The van der Waals surface area contributed by atoms with Crippen LogP contribution in [0.5, 0.6) is 5.75 Å². The van der Waals surface area contributed by atoms with Gasteiger partial charge in [0, 0.05) is 23.8 Å². The lowest BCUT2D eigenvalue weighted by Crippen LogP contribution is -2.42. The molecule has 2 fully saturated rings. The highest BCUT2D eigenvalue weighted by Gasteiger charge is 2.35. The molecule has 2 saturated heterocycles.